The van der Waals surface area contributed by atoms with Gasteiger partial charge in [-0.1, -0.05) is 13.3 Å². The Balaban J connectivity index is 1.98. The third kappa shape index (κ3) is 4.81. The summed E-state index contributed by atoms with van der Waals surface area (Å²) >= 11 is 0. The fourth-order valence-corrected chi connectivity index (χ4v) is 2.88. The van der Waals surface area contributed by atoms with Gasteiger partial charge in [0, 0.05) is 18.0 Å². The summed E-state index contributed by atoms with van der Waals surface area (Å²) in [6.45, 7) is 1.95. The van der Waals surface area contributed by atoms with Gasteiger partial charge in [-0.2, -0.15) is 17.6 Å². The Morgan fingerprint density at radius 2 is 1.34 bits per heavy atom. The predicted octanol–water partition coefficient (Wildman–Crippen LogP) is 6.56. The number of halogens is 8. The Bertz CT molecular complexity index is 1070. The second-order valence-electron chi connectivity index (χ2n) is 6.71. The molecule has 32 heavy (non-hydrogen) atoms. The van der Waals surface area contributed by atoms with Crippen LogP contribution in [0.25, 0.3) is 22.5 Å². The molecule has 0 fully saturated rings. The summed E-state index contributed by atoms with van der Waals surface area (Å²) in [4.78, 5) is 8.05. The first-order valence-electron chi connectivity index (χ1n) is 9.18. The number of hydrogen-bond donors (Lipinski definition) is 0. The van der Waals surface area contributed by atoms with Gasteiger partial charge in [0.05, 0.1) is 5.56 Å². The van der Waals surface area contributed by atoms with E-state index in [0.29, 0.717) is 6.42 Å². The molecule has 3 aromatic rings. The standard InChI is InChI=1S/C21H14F8N2O/c1-2-3-10-8-30-19(31-9-10)12-6-13(22)17(14(23)7-12)11-4-15(24)18(16(25)5-11)32-21(28,29)20(26)27/h4-9,20H,2-3H2,1H3. The summed E-state index contributed by atoms with van der Waals surface area (Å²) in [5, 5.41) is 0. The van der Waals surface area contributed by atoms with Crippen molar-refractivity contribution in [1.82, 2.24) is 9.97 Å². The molecule has 1 heterocycles. The number of rotatable bonds is 7. The molecule has 0 amide bonds. The van der Waals surface area contributed by atoms with Crippen LogP contribution in [0.3, 0.4) is 0 Å². The van der Waals surface area contributed by atoms with E-state index >= 15 is 0 Å². The summed E-state index contributed by atoms with van der Waals surface area (Å²) in [5.41, 5.74) is -0.807. The van der Waals surface area contributed by atoms with E-state index in [0.717, 1.165) is 24.1 Å². The molecule has 11 heteroatoms. The van der Waals surface area contributed by atoms with Crippen molar-refractivity contribution in [1.29, 1.82) is 0 Å². The van der Waals surface area contributed by atoms with E-state index in [9.17, 15) is 35.1 Å². The number of aromatic nitrogens is 2. The Kier molecular flexibility index (Phi) is 6.65. The number of nitrogens with zero attached hydrogens (tertiary/aromatic N) is 2. The Hall–Kier alpha value is -3.24. The normalized spacial score (nSPS) is 11.8. The molecule has 3 nitrogen and oxygen atoms in total. The van der Waals surface area contributed by atoms with Crippen LogP contribution in [0.5, 0.6) is 5.75 Å². The van der Waals surface area contributed by atoms with Crippen molar-refractivity contribution in [2.24, 2.45) is 0 Å². The van der Waals surface area contributed by atoms with Gasteiger partial charge in [0.25, 0.3) is 0 Å². The van der Waals surface area contributed by atoms with E-state index < -0.39 is 52.7 Å². The molecule has 0 spiro atoms. The van der Waals surface area contributed by atoms with Crippen molar-refractivity contribution in [2.75, 3.05) is 0 Å². The first-order chi connectivity index (χ1) is 15.0. The molecule has 0 aliphatic rings. The smallest absolute Gasteiger partial charge is 0.422 e. The lowest BCUT2D eigenvalue weighted by molar-refractivity contribution is -0.255. The van der Waals surface area contributed by atoms with Gasteiger partial charge >= 0.3 is 12.5 Å². The molecule has 1 aromatic heterocycles. The van der Waals surface area contributed by atoms with E-state index in [1.54, 1.807) is 0 Å². The molecule has 0 aliphatic heterocycles. The van der Waals surface area contributed by atoms with Crippen LogP contribution in [0, 0.1) is 23.3 Å². The molecule has 2 aromatic carbocycles. The molecule has 0 aliphatic carbocycles. The highest BCUT2D eigenvalue weighted by Gasteiger charge is 2.45. The van der Waals surface area contributed by atoms with Gasteiger partial charge < -0.3 is 4.74 Å². The van der Waals surface area contributed by atoms with Crippen molar-refractivity contribution in [3.63, 3.8) is 0 Å². The molecule has 0 atom stereocenters. The summed E-state index contributed by atoms with van der Waals surface area (Å²) in [5.74, 6) is -7.99. The van der Waals surface area contributed by atoms with E-state index in [-0.39, 0.29) is 23.5 Å². The Labute approximate surface area is 176 Å². The fraction of sp³-hybridized carbons (Fsp3) is 0.238. The third-order valence-electron chi connectivity index (χ3n) is 4.32. The first kappa shape index (κ1) is 23.4. The summed E-state index contributed by atoms with van der Waals surface area (Å²) in [6.07, 6.45) is -4.99. The lowest BCUT2D eigenvalue weighted by Gasteiger charge is -2.18. The van der Waals surface area contributed by atoms with Crippen LogP contribution in [-0.2, 0) is 6.42 Å². The average Bonchev–Trinajstić information content (AvgIpc) is 2.71. The van der Waals surface area contributed by atoms with Crippen molar-refractivity contribution < 1.29 is 39.9 Å². The van der Waals surface area contributed by atoms with Crippen LogP contribution >= 0.6 is 0 Å². The molecular weight excluding hydrogens is 448 g/mol. The zero-order chi connectivity index (χ0) is 23.6. The maximum Gasteiger partial charge on any atom is 0.461 e. The minimum Gasteiger partial charge on any atom is -0.422 e. The highest BCUT2D eigenvalue weighted by atomic mass is 19.3. The van der Waals surface area contributed by atoms with E-state index in [1.165, 1.54) is 12.4 Å². The maximum atomic E-state index is 14.6. The molecule has 0 N–H and O–H groups in total. The molecule has 170 valence electrons. The summed E-state index contributed by atoms with van der Waals surface area (Å²) in [7, 11) is 0. The lowest BCUT2D eigenvalue weighted by atomic mass is 10.0. The number of hydrogen-bond acceptors (Lipinski definition) is 3. The van der Waals surface area contributed by atoms with Crippen LogP contribution in [0.2, 0.25) is 0 Å². The second-order valence-corrected chi connectivity index (χ2v) is 6.71. The second kappa shape index (κ2) is 9.09. The van der Waals surface area contributed by atoms with Crippen molar-refractivity contribution >= 4 is 0 Å². The van der Waals surface area contributed by atoms with Gasteiger partial charge in [-0.05, 0) is 41.8 Å². The molecular formula is C21H14F8N2O. The fourth-order valence-electron chi connectivity index (χ4n) is 2.88. The van der Waals surface area contributed by atoms with Gasteiger partial charge in [0.1, 0.15) is 11.6 Å². The minimum atomic E-state index is -5.17. The summed E-state index contributed by atoms with van der Waals surface area (Å²) < 4.78 is 111. The van der Waals surface area contributed by atoms with Crippen LogP contribution in [0.15, 0.2) is 36.7 Å². The van der Waals surface area contributed by atoms with E-state index in [4.69, 9.17) is 0 Å². The number of ether oxygens (including phenoxy) is 1. The third-order valence-corrected chi connectivity index (χ3v) is 4.32. The summed E-state index contributed by atoms with van der Waals surface area (Å²) in [6, 6.07) is 2.24. The SMILES string of the molecule is CCCc1cnc(-c2cc(F)c(-c3cc(F)c(OC(F)(F)C(F)F)c(F)c3)c(F)c2)nc1. The van der Waals surface area contributed by atoms with E-state index in [2.05, 4.69) is 14.7 Å². The van der Waals surface area contributed by atoms with Gasteiger partial charge in [-0.15, -0.1) is 0 Å². The van der Waals surface area contributed by atoms with Crippen molar-refractivity contribution in [3.8, 4) is 28.3 Å². The Morgan fingerprint density at radius 1 is 0.844 bits per heavy atom. The van der Waals surface area contributed by atoms with Gasteiger partial charge in [0.2, 0.25) is 0 Å². The average molecular weight is 462 g/mol. The van der Waals surface area contributed by atoms with Gasteiger partial charge in [0.15, 0.2) is 23.2 Å². The van der Waals surface area contributed by atoms with Crippen molar-refractivity contribution in [3.05, 3.63) is 65.5 Å². The molecule has 0 radical (unpaired) electrons. The zero-order valence-corrected chi connectivity index (χ0v) is 16.3. The maximum absolute atomic E-state index is 14.6. The van der Waals surface area contributed by atoms with E-state index in [1.807, 2.05) is 6.92 Å². The molecule has 0 bridgehead atoms. The van der Waals surface area contributed by atoms with Gasteiger partial charge in [-0.3, -0.25) is 0 Å². The van der Waals surface area contributed by atoms with Gasteiger partial charge in [-0.25, -0.2) is 27.5 Å². The van der Waals surface area contributed by atoms with Crippen LogP contribution in [0.4, 0.5) is 35.1 Å². The molecule has 0 unspecified atom stereocenters. The quantitative estimate of drug-likeness (QED) is 0.373. The molecule has 3 rings (SSSR count). The highest BCUT2D eigenvalue weighted by molar-refractivity contribution is 5.70. The minimum absolute atomic E-state index is 0.00421. The van der Waals surface area contributed by atoms with Crippen LogP contribution in [-0.4, -0.2) is 22.5 Å². The molecule has 0 saturated carbocycles. The van der Waals surface area contributed by atoms with Crippen molar-refractivity contribution in [2.45, 2.75) is 32.3 Å². The Morgan fingerprint density at radius 3 is 1.81 bits per heavy atom. The lowest BCUT2D eigenvalue weighted by Crippen LogP contribution is -2.34. The first-order valence-corrected chi connectivity index (χ1v) is 9.18. The monoisotopic (exact) mass is 462 g/mol. The highest BCUT2D eigenvalue weighted by Crippen LogP contribution is 2.36. The van der Waals surface area contributed by atoms with Crippen LogP contribution in [0.1, 0.15) is 18.9 Å². The molecule has 0 saturated heterocycles. The zero-order valence-electron chi connectivity index (χ0n) is 16.3. The largest absolute Gasteiger partial charge is 0.461 e. The topological polar surface area (TPSA) is 35.0 Å². The number of alkyl halides is 4. The van der Waals surface area contributed by atoms with Crippen LogP contribution < -0.4 is 4.74 Å². The number of aryl methyl sites for hydroxylation is 1. The predicted molar refractivity (Wildman–Crippen MR) is 98.3 cm³/mol. The number of benzene rings is 2.